The summed E-state index contributed by atoms with van der Waals surface area (Å²) in [7, 11) is 1.59. The van der Waals surface area contributed by atoms with Crippen molar-refractivity contribution in [1.29, 1.82) is 0 Å². The number of methoxy groups -OCH3 is 1. The normalized spacial score (nSPS) is 13.4. The molecule has 1 N–H and O–H groups in total. The van der Waals surface area contributed by atoms with Gasteiger partial charge in [0.1, 0.15) is 17.3 Å². The predicted octanol–water partition coefficient (Wildman–Crippen LogP) is 3.10. The average Bonchev–Trinajstić information content (AvgIpc) is 2.84. The van der Waals surface area contributed by atoms with Crippen molar-refractivity contribution in [3.05, 3.63) is 53.3 Å². The minimum atomic E-state index is -0.231. The standard InChI is InChI=1S/C16H16FNO2/c1-20-14-4-5-16(19)12(8-14)10-18-7-6-11-2-3-13(17)9-15(11)18/h2-5,8-9,19H,6-7,10H2,1H3. The van der Waals surface area contributed by atoms with E-state index in [4.69, 9.17) is 4.74 Å². The molecule has 0 atom stereocenters. The Balaban J connectivity index is 1.89. The van der Waals surface area contributed by atoms with E-state index >= 15 is 0 Å². The third kappa shape index (κ3) is 2.29. The molecule has 0 saturated heterocycles. The average molecular weight is 273 g/mol. The fourth-order valence-corrected chi connectivity index (χ4v) is 2.60. The molecule has 2 aromatic rings. The fourth-order valence-electron chi connectivity index (χ4n) is 2.60. The highest BCUT2D eigenvalue weighted by Gasteiger charge is 2.20. The van der Waals surface area contributed by atoms with Gasteiger partial charge in [-0.05, 0) is 42.3 Å². The summed E-state index contributed by atoms with van der Waals surface area (Å²) in [4.78, 5) is 2.08. The molecule has 0 saturated carbocycles. The summed E-state index contributed by atoms with van der Waals surface area (Å²) in [5.74, 6) is 0.706. The summed E-state index contributed by atoms with van der Waals surface area (Å²) >= 11 is 0. The van der Waals surface area contributed by atoms with Crippen molar-refractivity contribution in [2.24, 2.45) is 0 Å². The lowest BCUT2D eigenvalue weighted by atomic mass is 10.1. The summed E-state index contributed by atoms with van der Waals surface area (Å²) in [6.07, 6.45) is 0.903. The Morgan fingerprint density at radius 2 is 2.10 bits per heavy atom. The van der Waals surface area contributed by atoms with Crippen LogP contribution >= 0.6 is 0 Å². The Kier molecular flexibility index (Phi) is 3.22. The van der Waals surface area contributed by atoms with Gasteiger partial charge in [-0.1, -0.05) is 6.07 Å². The van der Waals surface area contributed by atoms with Crippen molar-refractivity contribution in [2.75, 3.05) is 18.6 Å². The Bertz CT molecular complexity index is 642. The highest BCUT2D eigenvalue weighted by atomic mass is 19.1. The SMILES string of the molecule is COc1ccc(O)c(CN2CCc3ccc(F)cc32)c1. The van der Waals surface area contributed by atoms with Crippen LogP contribution in [0.4, 0.5) is 10.1 Å². The molecule has 4 heteroatoms. The number of anilines is 1. The lowest BCUT2D eigenvalue weighted by Gasteiger charge is -2.20. The molecule has 104 valence electrons. The van der Waals surface area contributed by atoms with Crippen molar-refractivity contribution in [3.8, 4) is 11.5 Å². The maximum absolute atomic E-state index is 13.4. The quantitative estimate of drug-likeness (QED) is 0.932. The molecular weight excluding hydrogens is 257 g/mol. The van der Waals surface area contributed by atoms with Crippen molar-refractivity contribution in [1.82, 2.24) is 0 Å². The second-order valence-corrected chi connectivity index (χ2v) is 4.94. The molecular formula is C16H16FNO2. The van der Waals surface area contributed by atoms with Crippen LogP contribution in [0, 0.1) is 5.82 Å². The van der Waals surface area contributed by atoms with Gasteiger partial charge in [0.05, 0.1) is 7.11 Å². The zero-order valence-electron chi connectivity index (χ0n) is 11.3. The molecule has 0 aromatic heterocycles. The molecule has 2 aromatic carbocycles. The number of rotatable bonds is 3. The second kappa shape index (κ2) is 5.04. The molecule has 0 fully saturated rings. The maximum Gasteiger partial charge on any atom is 0.125 e. The molecule has 0 unspecified atom stereocenters. The number of phenols is 1. The first-order valence-corrected chi connectivity index (χ1v) is 6.56. The molecule has 0 amide bonds. The van der Waals surface area contributed by atoms with E-state index in [1.807, 2.05) is 12.1 Å². The van der Waals surface area contributed by atoms with E-state index in [1.54, 1.807) is 25.3 Å². The first-order valence-electron chi connectivity index (χ1n) is 6.56. The molecule has 0 aliphatic carbocycles. The van der Waals surface area contributed by atoms with Crippen LogP contribution in [0.5, 0.6) is 11.5 Å². The van der Waals surface area contributed by atoms with Crippen LogP contribution in [0.2, 0.25) is 0 Å². The molecule has 1 aliphatic rings. The number of ether oxygens (including phenoxy) is 1. The van der Waals surface area contributed by atoms with Crippen molar-refractivity contribution in [2.45, 2.75) is 13.0 Å². The Morgan fingerprint density at radius 3 is 2.90 bits per heavy atom. The third-order valence-electron chi connectivity index (χ3n) is 3.69. The van der Waals surface area contributed by atoms with Gasteiger partial charge >= 0.3 is 0 Å². The molecule has 3 rings (SSSR count). The van der Waals surface area contributed by atoms with Gasteiger partial charge in [-0.3, -0.25) is 0 Å². The van der Waals surface area contributed by atoms with Crippen LogP contribution in [0.15, 0.2) is 36.4 Å². The fraction of sp³-hybridized carbons (Fsp3) is 0.250. The highest BCUT2D eigenvalue weighted by molar-refractivity contribution is 5.59. The first-order chi connectivity index (χ1) is 9.67. The van der Waals surface area contributed by atoms with E-state index in [0.717, 1.165) is 29.8 Å². The number of aromatic hydroxyl groups is 1. The van der Waals surface area contributed by atoms with Crippen molar-refractivity contribution < 1.29 is 14.2 Å². The zero-order chi connectivity index (χ0) is 14.1. The van der Waals surface area contributed by atoms with Gasteiger partial charge in [-0.25, -0.2) is 4.39 Å². The maximum atomic E-state index is 13.4. The van der Waals surface area contributed by atoms with E-state index in [0.29, 0.717) is 12.3 Å². The van der Waals surface area contributed by atoms with Gasteiger partial charge in [0.15, 0.2) is 0 Å². The smallest absolute Gasteiger partial charge is 0.125 e. The summed E-state index contributed by atoms with van der Waals surface area (Å²) in [5, 5.41) is 9.94. The molecule has 1 heterocycles. The number of benzene rings is 2. The van der Waals surface area contributed by atoms with Crippen LogP contribution < -0.4 is 9.64 Å². The zero-order valence-corrected chi connectivity index (χ0v) is 11.3. The summed E-state index contributed by atoms with van der Waals surface area (Å²) in [5.41, 5.74) is 2.84. The molecule has 0 spiro atoms. The monoisotopic (exact) mass is 273 g/mol. The van der Waals surface area contributed by atoms with E-state index in [9.17, 15) is 9.50 Å². The topological polar surface area (TPSA) is 32.7 Å². The second-order valence-electron chi connectivity index (χ2n) is 4.94. The Hall–Kier alpha value is -2.23. The van der Waals surface area contributed by atoms with Gasteiger partial charge < -0.3 is 14.7 Å². The van der Waals surface area contributed by atoms with E-state index in [1.165, 1.54) is 6.07 Å². The largest absolute Gasteiger partial charge is 0.508 e. The minimum Gasteiger partial charge on any atom is -0.508 e. The van der Waals surface area contributed by atoms with E-state index in [2.05, 4.69) is 4.90 Å². The molecule has 3 nitrogen and oxygen atoms in total. The number of fused-ring (bicyclic) bond motifs is 1. The number of halogens is 1. The number of nitrogens with zero attached hydrogens (tertiary/aromatic N) is 1. The van der Waals surface area contributed by atoms with Crippen LogP contribution in [-0.2, 0) is 13.0 Å². The minimum absolute atomic E-state index is 0.231. The molecule has 20 heavy (non-hydrogen) atoms. The van der Waals surface area contributed by atoms with E-state index in [-0.39, 0.29) is 11.6 Å². The summed E-state index contributed by atoms with van der Waals surface area (Å²) in [6.45, 7) is 1.37. The first kappa shape index (κ1) is 12.8. The van der Waals surface area contributed by atoms with Crippen LogP contribution in [-0.4, -0.2) is 18.8 Å². The molecule has 1 aliphatic heterocycles. The predicted molar refractivity (Wildman–Crippen MR) is 75.8 cm³/mol. The summed E-state index contributed by atoms with van der Waals surface area (Å²) < 4.78 is 18.5. The summed E-state index contributed by atoms with van der Waals surface area (Å²) in [6, 6.07) is 10.0. The van der Waals surface area contributed by atoms with Gasteiger partial charge in [0.2, 0.25) is 0 Å². The lowest BCUT2D eigenvalue weighted by Crippen LogP contribution is -2.19. The third-order valence-corrected chi connectivity index (χ3v) is 3.69. The Labute approximate surface area is 117 Å². The lowest BCUT2D eigenvalue weighted by molar-refractivity contribution is 0.410. The number of hydrogen-bond donors (Lipinski definition) is 1. The van der Waals surface area contributed by atoms with Crippen molar-refractivity contribution in [3.63, 3.8) is 0 Å². The van der Waals surface area contributed by atoms with Crippen LogP contribution in [0.1, 0.15) is 11.1 Å². The van der Waals surface area contributed by atoms with E-state index < -0.39 is 0 Å². The van der Waals surface area contributed by atoms with Crippen molar-refractivity contribution >= 4 is 5.69 Å². The number of hydrogen-bond acceptors (Lipinski definition) is 3. The highest BCUT2D eigenvalue weighted by Crippen LogP contribution is 2.32. The van der Waals surface area contributed by atoms with Gasteiger partial charge in [0.25, 0.3) is 0 Å². The molecule has 0 bridgehead atoms. The van der Waals surface area contributed by atoms with Crippen LogP contribution in [0.25, 0.3) is 0 Å². The number of phenolic OH excluding ortho intramolecular Hbond substituents is 1. The van der Waals surface area contributed by atoms with Gasteiger partial charge in [-0.15, -0.1) is 0 Å². The van der Waals surface area contributed by atoms with Crippen LogP contribution in [0.3, 0.4) is 0 Å². The van der Waals surface area contributed by atoms with Gasteiger partial charge in [0, 0.05) is 24.3 Å². The molecule has 0 radical (unpaired) electrons. The Morgan fingerprint density at radius 1 is 1.25 bits per heavy atom. The van der Waals surface area contributed by atoms with Gasteiger partial charge in [-0.2, -0.15) is 0 Å².